The van der Waals surface area contributed by atoms with Crippen molar-refractivity contribution in [1.29, 1.82) is 0 Å². The summed E-state index contributed by atoms with van der Waals surface area (Å²) in [4.78, 5) is 3.89. The summed E-state index contributed by atoms with van der Waals surface area (Å²) in [6.45, 7) is 1.81. The Bertz CT molecular complexity index is 919. The van der Waals surface area contributed by atoms with Crippen LogP contribution in [0, 0.1) is 3.95 Å². The molecule has 136 valence electrons. The third kappa shape index (κ3) is 3.68. The molecule has 0 aliphatic carbocycles. The van der Waals surface area contributed by atoms with E-state index >= 15 is 0 Å². The lowest BCUT2D eigenvalue weighted by molar-refractivity contribution is 0.193. The first-order valence-electron chi connectivity index (χ1n) is 8.50. The number of para-hydroxylation sites is 2. The first-order chi connectivity index (χ1) is 12.7. The minimum absolute atomic E-state index is 0.476. The zero-order valence-electron chi connectivity index (χ0n) is 14.4. The number of nitrogens with zero attached hydrogens (tertiary/aromatic N) is 3. The molecule has 0 radical (unpaired) electrons. The molecule has 1 aliphatic heterocycles. The van der Waals surface area contributed by atoms with Crippen LogP contribution in [0.3, 0.4) is 0 Å². The lowest BCUT2D eigenvalue weighted by Gasteiger charge is -2.23. The second kappa shape index (κ2) is 7.87. The highest BCUT2D eigenvalue weighted by atomic mass is 32.1. The number of thiophene rings is 1. The van der Waals surface area contributed by atoms with E-state index in [1.807, 2.05) is 40.3 Å². The van der Waals surface area contributed by atoms with Gasteiger partial charge in [-0.15, -0.1) is 16.4 Å². The summed E-state index contributed by atoms with van der Waals surface area (Å²) in [5.74, 6) is 0.789. The van der Waals surface area contributed by atoms with Crippen LogP contribution >= 0.6 is 34.9 Å². The Balaban J connectivity index is 1.51. The lowest BCUT2D eigenvalue weighted by Crippen LogP contribution is -2.26. The molecule has 1 atom stereocenters. The normalized spacial score (nSPS) is 17.5. The van der Waals surface area contributed by atoms with E-state index in [1.54, 1.807) is 7.11 Å². The summed E-state index contributed by atoms with van der Waals surface area (Å²) < 4.78 is 8.09. The van der Waals surface area contributed by atoms with Crippen LogP contribution < -0.4 is 10.1 Å². The van der Waals surface area contributed by atoms with Crippen molar-refractivity contribution in [3.8, 4) is 5.75 Å². The summed E-state index contributed by atoms with van der Waals surface area (Å²) in [6, 6.07) is 12.6. The molecule has 1 saturated heterocycles. The maximum absolute atomic E-state index is 5.55. The molecule has 0 amide bonds. The van der Waals surface area contributed by atoms with Gasteiger partial charge in [0, 0.05) is 17.5 Å². The third-order valence-electron chi connectivity index (χ3n) is 4.51. The van der Waals surface area contributed by atoms with E-state index in [0.717, 1.165) is 33.7 Å². The monoisotopic (exact) mass is 404 g/mol. The molecule has 4 rings (SSSR count). The first kappa shape index (κ1) is 17.7. The van der Waals surface area contributed by atoms with E-state index in [4.69, 9.17) is 17.0 Å². The summed E-state index contributed by atoms with van der Waals surface area (Å²) in [5, 5.41) is 10.9. The van der Waals surface area contributed by atoms with Crippen LogP contribution in [0.2, 0.25) is 0 Å². The van der Waals surface area contributed by atoms with Crippen LogP contribution in [0.15, 0.2) is 41.8 Å². The fourth-order valence-corrected chi connectivity index (χ4v) is 5.18. The number of likely N-dealkylation sites (tertiary alicyclic amines) is 1. The Morgan fingerprint density at radius 2 is 2.19 bits per heavy atom. The zero-order chi connectivity index (χ0) is 17.9. The highest BCUT2D eigenvalue weighted by Crippen LogP contribution is 2.35. The molecular weight excluding hydrogens is 384 g/mol. The van der Waals surface area contributed by atoms with E-state index in [2.05, 4.69) is 32.8 Å². The van der Waals surface area contributed by atoms with Crippen molar-refractivity contribution in [1.82, 2.24) is 14.7 Å². The molecule has 1 aliphatic rings. The average molecular weight is 405 g/mol. The van der Waals surface area contributed by atoms with Gasteiger partial charge in [0.1, 0.15) is 5.75 Å². The molecule has 8 heteroatoms. The second-order valence-electron chi connectivity index (χ2n) is 6.13. The molecule has 2 aromatic heterocycles. The van der Waals surface area contributed by atoms with E-state index in [9.17, 15) is 0 Å². The summed E-state index contributed by atoms with van der Waals surface area (Å²) >= 11 is 8.86. The number of rotatable bonds is 6. The van der Waals surface area contributed by atoms with Crippen molar-refractivity contribution in [2.45, 2.75) is 25.6 Å². The van der Waals surface area contributed by atoms with Crippen molar-refractivity contribution in [2.75, 3.05) is 19.0 Å². The van der Waals surface area contributed by atoms with Gasteiger partial charge in [0.15, 0.2) is 3.95 Å². The fourth-order valence-electron chi connectivity index (χ4n) is 3.28. The van der Waals surface area contributed by atoms with E-state index in [0.29, 0.717) is 6.04 Å². The van der Waals surface area contributed by atoms with Crippen LogP contribution in [0.25, 0.3) is 0 Å². The number of methoxy groups -OCH3 is 1. The van der Waals surface area contributed by atoms with Crippen LogP contribution in [-0.4, -0.2) is 28.3 Å². The Kier molecular flexibility index (Phi) is 5.35. The fraction of sp³-hybridized carbons (Fsp3) is 0.333. The summed E-state index contributed by atoms with van der Waals surface area (Å²) in [6.07, 6.45) is 2.41. The van der Waals surface area contributed by atoms with Gasteiger partial charge >= 0.3 is 0 Å². The smallest absolute Gasteiger partial charge is 0.209 e. The number of hydrogen-bond acceptors (Lipinski definition) is 7. The maximum Gasteiger partial charge on any atom is 0.209 e. The van der Waals surface area contributed by atoms with Crippen molar-refractivity contribution in [2.24, 2.45) is 0 Å². The molecule has 0 unspecified atom stereocenters. The Labute approximate surface area is 165 Å². The van der Waals surface area contributed by atoms with E-state index in [1.165, 1.54) is 29.1 Å². The largest absolute Gasteiger partial charge is 0.495 e. The second-order valence-corrected chi connectivity index (χ2v) is 8.73. The lowest BCUT2D eigenvalue weighted by atomic mass is 10.2. The molecular formula is C18H20N4OS3. The van der Waals surface area contributed by atoms with Gasteiger partial charge in [-0.1, -0.05) is 29.5 Å². The summed E-state index contributed by atoms with van der Waals surface area (Å²) in [7, 11) is 1.67. The van der Waals surface area contributed by atoms with E-state index in [-0.39, 0.29) is 0 Å². The molecule has 0 bridgehead atoms. The Morgan fingerprint density at radius 1 is 1.31 bits per heavy atom. The predicted octanol–water partition coefficient (Wildman–Crippen LogP) is 5.28. The van der Waals surface area contributed by atoms with Gasteiger partial charge in [-0.3, -0.25) is 4.90 Å². The third-order valence-corrected chi connectivity index (χ3v) is 6.70. The quantitative estimate of drug-likeness (QED) is 0.566. The number of benzene rings is 1. The zero-order valence-corrected chi connectivity index (χ0v) is 16.9. The molecule has 1 fully saturated rings. The van der Waals surface area contributed by atoms with Gasteiger partial charge in [-0.2, -0.15) is 0 Å². The number of hydrogen-bond donors (Lipinski definition) is 1. The standard InChI is InChI=1S/C18H20N4OS3/c1-23-15-8-3-2-6-13(15)19-17-20-22(18(24)26-17)12-21-10-4-7-14(21)16-9-5-11-25-16/h2-3,5-6,8-9,11,14H,4,7,10,12H2,1H3,(H,19,20)/t14-/m1/s1. The maximum atomic E-state index is 5.55. The topological polar surface area (TPSA) is 42.3 Å². The average Bonchev–Trinajstić information content (AvgIpc) is 3.38. The van der Waals surface area contributed by atoms with Gasteiger partial charge in [-0.05, 0) is 48.6 Å². The van der Waals surface area contributed by atoms with Crippen molar-refractivity contribution < 1.29 is 4.74 Å². The number of ether oxygens (including phenoxy) is 1. The minimum Gasteiger partial charge on any atom is -0.495 e. The molecule has 3 aromatic rings. The molecule has 26 heavy (non-hydrogen) atoms. The first-order valence-corrected chi connectivity index (χ1v) is 10.6. The van der Waals surface area contributed by atoms with Gasteiger partial charge in [0.25, 0.3) is 0 Å². The highest BCUT2D eigenvalue weighted by molar-refractivity contribution is 7.73. The SMILES string of the molecule is COc1ccccc1Nc1nn(CN2CCC[C@@H]2c2cccs2)c(=S)s1. The molecule has 1 N–H and O–H groups in total. The van der Waals surface area contributed by atoms with E-state index < -0.39 is 0 Å². The highest BCUT2D eigenvalue weighted by Gasteiger charge is 2.27. The minimum atomic E-state index is 0.476. The Hall–Kier alpha value is -1.74. The molecule has 0 spiro atoms. The van der Waals surface area contributed by atoms with Gasteiger partial charge in [0.05, 0.1) is 19.5 Å². The molecule has 0 saturated carbocycles. The van der Waals surface area contributed by atoms with Crippen molar-refractivity contribution >= 4 is 45.7 Å². The van der Waals surface area contributed by atoms with Crippen molar-refractivity contribution in [3.63, 3.8) is 0 Å². The number of anilines is 2. The van der Waals surface area contributed by atoms with Crippen LogP contribution in [0.5, 0.6) is 5.75 Å². The predicted molar refractivity (Wildman–Crippen MR) is 110 cm³/mol. The van der Waals surface area contributed by atoms with Crippen LogP contribution in [-0.2, 0) is 6.67 Å². The number of aromatic nitrogens is 2. The van der Waals surface area contributed by atoms with Gasteiger partial charge in [-0.25, -0.2) is 4.68 Å². The molecule has 1 aromatic carbocycles. The molecule has 5 nitrogen and oxygen atoms in total. The molecule has 3 heterocycles. The van der Waals surface area contributed by atoms with Gasteiger partial charge < -0.3 is 10.1 Å². The van der Waals surface area contributed by atoms with Gasteiger partial charge in [0.2, 0.25) is 5.13 Å². The Morgan fingerprint density at radius 3 is 3.00 bits per heavy atom. The van der Waals surface area contributed by atoms with Crippen LogP contribution in [0.4, 0.5) is 10.8 Å². The summed E-state index contributed by atoms with van der Waals surface area (Å²) in [5.41, 5.74) is 0.892. The van der Waals surface area contributed by atoms with Crippen molar-refractivity contribution in [3.05, 3.63) is 50.6 Å². The van der Waals surface area contributed by atoms with Crippen LogP contribution in [0.1, 0.15) is 23.8 Å². The number of nitrogens with one attached hydrogen (secondary N) is 1.